The van der Waals surface area contributed by atoms with Crippen LogP contribution in [0.3, 0.4) is 0 Å². The Morgan fingerprint density at radius 3 is 2.65 bits per heavy atom. The van der Waals surface area contributed by atoms with Gasteiger partial charge < -0.3 is 15.3 Å². The molecule has 5 nitrogen and oxygen atoms in total. The van der Waals surface area contributed by atoms with Crippen LogP contribution in [0.2, 0.25) is 0 Å². The van der Waals surface area contributed by atoms with Crippen molar-refractivity contribution >= 4 is 17.6 Å². The Bertz CT molecular complexity index is 556. The summed E-state index contributed by atoms with van der Waals surface area (Å²) < 4.78 is 0. The minimum absolute atomic E-state index is 0.0554. The Kier molecular flexibility index (Phi) is 3.70. The molecule has 0 radical (unpaired) electrons. The van der Waals surface area contributed by atoms with E-state index in [1.807, 2.05) is 19.9 Å². The van der Waals surface area contributed by atoms with E-state index in [0.29, 0.717) is 12.1 Å². The van der Waals surface area contributed by atoms with E-state index in [4.69, 9.17) is 5.11 Å². The summed E-state index contributed by atoms with van der Waals surface area (Å²) in [6.07, 6.45) is 0.798. The van der Waals surface area contributed by atoms with Gasteiger partial charge in [0, 0.05) is 25.8 Å². The molecule has 0 spiro atoms. The van der Waals surface area contributed by atoms with E-state index < -0.39 is 5.97 Å². The molecule has 1 saturated heterocycles. The highest BCUT2D eigenvalue weighted by molar-refractivity contribution is 5.89. The van der Waals surface area contributed by atoms with Gasteiger partial charge in [0.15, 0.2) is 0 Å². The number of benzene rings is 1. The topological polar surface area (TPSA) is 69.6 Å². The van der Waals surface area contributed by atoms with Gasteiger partial charge in [0.25, 0.3) is 0 Å². The lowest BCUT2D eigenvalue weighted by molar-refractivity contribution is -0.128. The summed E-state index contributed by atoms with van der Waals surface area (Å²) >= 11 is 0. The second-order valence-electron chi connectivity index (χ2n) is 5.62. The van der Waals surface area contributed by atoms with Crippen LogP contribution in [0, 0.1) is 12.3 Å². The lowest BCUT2D eigenvalue weighted by Gasteiger charge is -2.25. The molecule has 0 saturated carbocycles. The van der Waals surface area contributed by atoms with Gasteiger partial charge in [-0.1, -0.05) is 0 Å². The summed E-state index contributed by atoms with van der Waals surface area (Å²) in [6, 6.07) is 5.11. The first-order valence-electron chi connectivity index (χ1n) is 6.68. The van der Waals surface area contributed by atoms with Gasteiger partial charge in [-0.15, -0.1) is 0 Å². The van der Waals surface area contributed by atoms with E-state index in [0.717, 1.165) is 24.2 Å². The second kappa shape index (κ2) is 5.15. The van der Waals surface area contributed by atoms with Crippen molar-refractivity contribution < 1.29 is 14.7 Å². The van der Waals surface area contributed by atoms with E-state index in [2.05, 4.69) is 10.2 Å². The maximum absolute atomic E-state index is 11.9. The number of nitrogens with one attached hydrogen (secondary N) is 1. The smallest absolute Gasteiger partial charge is 0.335 e. The zero-order valence-corrected chi connectivity index (χ0v) is 12.1. The molecule has 108 valence electrons. The predicted octanol–water partition coefficient (Wildman–Crippen LogP) is 1.66. The first kappa shape index (κ1) is 14.4. The fraction of sp³-hybridized carbons (Fsp3) is 0.467. The van der Waals surface area contributed by atoms with Gasteiger partial charge in [-0.05, 0) is 44.0 Å². The van der Waals surface area contributed by atoms with Crippen molar-refractivity contribution in [1.29, 1.82) is 0 Å². The summed E-state index contributed by atoms with van der Waals surface area (Å²) in [5, 5.41) is 11.7. The van der Waals surface area contributed by atoms with Gasteiger partial charge >= 0.3 is 5.97 Å². The predicted molar refractivity (Wildman–Crippen MR) is 77.1 cm³/mol. The van der Waals surface area contributed by atoms with Crippen LogP contribution in [0.4, 0.5) is 5.69 Å². The minimum Gasteiger partial charge on any atom is -0.478 e. The molecule has 1 unspecified atom stereocenters. The fourth-order valence-corrected chi connectivity index (χ4v) is 2.80. The van der Waals surface area contributed by atoms with Crippen LogP contribution in [-0.4, -0.2) is 37.1 Å². The Balaban J connectivity index is 2.22. The quantitative estimate of drug-likeness (QED) is 0.881. The molecule has 1 amide bonds. The molecule has 1 atom stereocenters. The van der Waals surface area contributed by atoms with Crippen molar-refractivity contribution in [3.05, 3.63) is 29.3 Å². The number of carboxylic acids is 1. The van der Waals surface area contributed by atoms with E-state index in [1.165, 1.54) is 0 Å². The summed E-state index contributed by atoms with van der Waals surface area (Å²) in [4.78, 5) is 25.0. The third-order valence-electron chi connectivity index (χ3n) is 4.03. The molecule has 5 heteroatoms. The highest BCUT2D eigenvalue weighted by Gasteiger charge is 2.40. The fourth-order valence-electron chi connectivity index (χ4n) is 2.80. The van der Waals surface area contributed by atoms with Crippen LogP contribution in [0.1, 0.15) is 29.3 Å². The van der Waals surface area contributed by atoms with Gasteiger partial charge in [0.05, 0.1) is 11.0 Å². The molecule has 0 bridgehead atoms. The minimum atomic E-state index is -0.920. The Morgan fingerprint density at radius 2 is 2.10 bits per heavy atom. The van der Waals surface area contributed by atoms with Crippen LogP contribution in [0.5, 0.6) is 0 Å². The number of carboxylic acid groups (broad SMARTS) is 1. The number of carbonyl (C=O) groups excluding carboxylic acids is 1. The third-order valence-corrected chi connectivity index (χ3v) is 4.03. The summed E-state index contributed by atoms with van der Waals surface area (Å²) in [7, 11) is 1.66. The molecule has 1 heterocycles. The van der Waals surface area contributed by atoms with E-state index in [9.17, 15) is 9.59 Å². The van der Waals surface area contributed by atoms with Crippen molar-refractivity contribution in [2.45, 2.75) is 20.3 Å². The number of hydrogen-bond acceptors (Lipinski definition) is 3. The van der Waals surface area contributed by atoms with Crippen LogP contribution in [0.25, 0.3) is 0 Å². The molecule has 1 aromatic carbocycles. The number of aryl methyl sites for hydroxylation is 1. The summed E-state index contributed by atoms with van der Waals surface area (Å²) in [5.74, 6) is -0.865. The van der Waals surface area contributed by atoms with Crippen molar-refractivity contribution in [2.75, 3.05) is 25.0 Å². The molecule has 1 aromatic rings. The zero-order valence-electron chi connectivity index (χ0n) is 12.1. The van der Waals surface area contributed by atoms with Gasteiger partial charge in [0.1, 0.15) is 0 Å². The first-order valence-corrected chi connectivity index (χ1v) is 6.68. The van der Waals surface area contributed by atoms with Crippen molar-refractivity contribution in [3.63, 3.8) is 0 Å². The SMILES string of the molecule is CNC(=O)C1(C)CCN(c2ccc(C(=O)O)cc2C)C1. The molecule has 0 aromatic heterocycles. The number of amides is 1. The van der Waals surface area contributed by atoms with E-state index >= 15 is 0 Å². The molecule has 1 aliphatic heterocycles. The molecule has 0 aliphatic carbocycles. The Labute approximate surface area is 118 Å². The largest absolute Gasteiger partial charge is 0.478 e. The first-order chi connectivity index (χ1) is 9.37. The normalized spacial score (nSPS) is 21.9. The molecule has 2 N–H and O–H groups in total. The Morgan fingerprint density at radius 1 is 1.40 bits per heavy atom. The monoisotopic (exact) mass is 276 g/mol. The van der Waals surface area contributed by atoms with Crippen molar-refractivity contribution in [1.82, 2.24) is 5.32 Å². The number of carbonyl (C=O) groups is 2. The average Bonchev–Trinajstić information content (AvgIpc) is 2.81. The zero-order chi connectivity index (χ0) is 14.9. The number of hydrogen-bond donors (Lipinski definition) is 2. The molecule has 1 aliphatic rings. The van der Waals surface area contributed by atoms with Gasteiger partial charge in [-0.2, -0.15) is 0 Å². The molecule has 1 fully saturated rings. The van der Waals surface area contributed by atoms with Crippen LogP contribution in [-0.2, 0) is 4.79 Å². The maximum Gasteiger partial charge on any atom is 0.335 e. The van der Waals surface area contributed by atoms with E-state index in [1.54, 1.807) is 19.2 Å². The lowest BCUT2D eigenvalue weighted by atomic mass is 9.89. The standard InChI is InChI=1S/C15H20N2O3/c1-10-8-11(13(18)19)4-5-12(10)17-7-6-15(2,9-17)14(20)16-3/h4-5,8H,6-7,9H2,1-3H3,(H,16,20)(H,18,19). The second-order valence-corrected chi connectivity index (χ2v) is 5.62. The summed E-state index contributed by atoms with van der Waals surface area (Å²) in [5.41, 5.74) is 1.83. The molecule has 2 rings (SSSR count). The van der Waals surface area contributed by atoms with Crippen LogP contribution in [0.15, 0.2) is 18.2 Å². The number of rotatable bonds is 3. The third kappa shape index (κ3) is 2.48. The highest BCUT2D eigenvalue weighted by atomic mass is 16.4. The molecular weight excluding hydrogens is 256 g/mol. The van der Waals surface area contributed by atoms with Gasteiger partial charge in [0.2, 0.25) is 5.91 Å². The number of anilines is 1. The Hall–Kier alpha value is -2.04. The number of aromatic carboxylic acids is 1. The highest BCUT2D eigenvalue weighted by Crippen LogP contribution is 2.34. The molecule has 20 heavy (non-hydrogen) atoms. The summed E-state index contributed by atoms with van der Waals surface area (Å²) in [6.45, 7) is 5.32. The van der Waals surface area contributed by atoms with Crippen LogP contribution < -0.4 is 10.2 Å². The van der Waals surface area contributed by atoms with Gasteiger partial charge in [-0.25, -0.2) is 4.79 Å². The van der Waals surface area contributed by atoms with Crippen molar-refractivity contribution in [2.24, 2.45) is 5.41 Å². The molecular formula is C15H20N2O3. The number of nitrogens with zero attached hydrogens (tertiary/aromatic N) is 1. The van der Waals surface area contributed by atoms with Crippen molar-refractivity contribution in [3.8, 4) is 0 Å². The van der Waals surface area contributed by atoms with Crippen LogP contribution >= 0.6 is 0 Å². The van der Waals surface area contributed by atoms with E-state index in [-0.39, 0.29) is 11.3 Å². The maximum atomic E-state index is 11.9. The van der Waals surface area contributed by atoms with Gasteiger partial charge in [-0.3, -0.25) is 4.79 Å². The average molecular weight is 276 g/mol. The lowest BCUT2D eigenvalue weighted by Crippen LogP contribution is -2.39.